The molecular weight excluding hydrogens is 144 g/mol. The van der Waals surface area contributed by atoms with Gasteiger partial charge in [-0.15, -0.1) is 0 Å². The minimum atomic E-state index is -0.290. The largest absolute Gasteiger partial charge is 0.396 e. The molecule has 0 aromatic heterocycles. The van der Waals surface area contributed by atoms with Crippen LogP contribution in [0, 0.1) is 5.92 Å². The predicted molar refractivity (Wildman–Crippen MR) is 40.8 cm³/mol. The van der Waals surface area contributed by atoms with Gasteiger partial charge in [0, 0.05) is 25.6 Å². The lowest BCUT2D eigenvalue weighted by atomic mass is 9.99. The van der Waals surface area contributed by atoms with Gasteiger partial charge < -0.3 is 10.8 Å². The Bertz CT molecular complexity index is 155. The van der Waals surface area contributed by atoms with Crippen molar-refractivity contribution in [2.75, 3.05) is 19.7 Å². The van der Waals surface area contributed by atoms with Gasteiger partial charge >= 0.3 is 0 Å². The van der Waals surface area contributed by atoms with E-state index in [0.717, 1.165) is 13.1 Å². The zero-order chi connectivity index (χ0) is 8.43. The van der Waals surface area contributed by atoms with E-state index in [9.17, 15) is 4.79 Å². The van der Waals surface area contributed by atoms with Crippen molar-refractivity contribution in [1.82, 2.24) is 4.90 Å². The maximum absolute atomic E-state index is 10.6. The molecule has 1 rings (SSSR count). The Balaban J connectivity index is 2.26. The van der Waals surface area contributed by atoms with Crippen LogP contribution in [0.1, 0.15) is 6.92 Å². The maximum atomic E-state index is 10.6. The van der Waals surface area contributed by atoms with E-state index in [1.54, 1.807) is 6.92 Å². The van der Waals surface area contributed by atoms with Gasteiger partial charge in [-0.25, -0.2) is 0 Å². The molecule has 1 unspecified atom stereocenters. The van der Waals surface area contributed by atoms with Crippen LogP contribution in [0.2, 0.25) is 0 Å². The van der Waals surface area contributed by atoms with Crippen LogP contribution in [0.3, 0.4) is 0 Å². The topological polar surface area (TPSA) is 66.6 Å². The Morgan fingerprint density at radius 3 is 2.73 bits per heavy atom. The predicted octanol–water partition coefficient (Wildman–Crippen LogP) is -1.22. The van der Waals surface area contributed by atoms with Gasteiger partial charge in [0.15, 0.2) is 0 Å². The number of nitrogens with two attached hydrogens (primary N) is 1. The fourth-order valence-electron chi connectivity index (χ4n) is 1.22. The number of carbonyl (C=O) groups excluding carboxylic acids is 1. The van der Waals surface area contributed by atoms with Gasteiger partial charge in [-0.2, -0.15) is 0 Å². The number of carbonyl (C=O) groups is 1. The summed E-state index contributed by atoms with van der Waals surface area (Å²) in [7, 11) is 0. The summed E-state index contributed by atoms with van der Waals surface area (Å²) in [5, 5.41) is 8.68. The molecule has 11 heavy (non-hydrogen) atoms. The lowest BCUT2D eigenvalue weighted by molar-refractivity contribution is -0.125. The van der Waals surface area contributed by atoms with Crippen molar-refractivity contribution < 1.29 is 9.90 Å². The molecule has 4 heteroatoms. The van der Waals surface area contributed by atoms with Gasteiger partial charge in [-0.1, -0.05) is 0 Å². The van der Waals surface area contributed by atoms with Crippen molar-refractivity contribution in [2.24, 2.45) is 11.7 Å². The summed E-state index contributed by atoms with van der Waals surface area (Å²) < 4.78 is 0. The highest BCUT2D eigenvalue weighted by Gasteiger charge is 2.31. The minimum absolute atomic E-state index is 0.183. The molecule has 4 nitrogen and oxygen atoms in total. The molecule has 1 aliphatic rings. The van der Waals surface area contributed by atoms with Crippen LogP contribution in [-0.2, 0) is 4.79 Å². The zero-order valence-electron chi connectivity index (χ0n) is 6.66. The van der Waals surface area contributed by atoms with Crippen LogP contribution in [0.15, 0.2) is 0 Å². The molecule has 1 amide bonds. The number of hydrogen-bond acceptors (Lipinski definition) is 3. The van der Waals surface area contributed by atoms with E-state index in [0.29, 0.717) is 5.92 Å². The molecule has 1 fully saturated rings. The van der Waals surface area contributed by atoms with Gasteiger partial charge in [-0.3, -0.25) is 9.69 Å². The molecule has 0 saturated carbocycles. The number of nitrogens with zero attached hydrogens (tertiary/aromatic N) is 1. The average Bonchev–Trinajstić information content (AvgIpc) is 1.85. The van der Waals surface area contributed by atoms with E-state index in [4.69, 9.17) is 10.8 Å². The SMILES string of the molecule is CC(C(N)=O)N1CC(CO)C1. The second-order valence-corrected chi connectivity index (χ2v) is 3.08. The summed E-state index contributed by atoms with van der Waals surface area (Å²) in [5.74, 6) is 0.0539. The molecule has 3 N–H and O–H groups in total. The first-order valence-electron chi connectivity index (χ1n) is 3.79. The number of hydrogen-bond donors (Lipinski definition) is 2. The molecule has 0 radical (unpaired) electrons. The van der Waals surface area contributed by atoms with E-state index < -0.39 is 0 Å². The molecule has 0 bridgehead atoms. The molecule has 0 aromatic rings. The van der Waals surface area contributed by atoms with Crippen LogP contribution < -0.4 is 5.73 Å². The van der Waals surface area contributed by atoms with Crippen molar-refractivity contribution in [3.63, 3.8) is 0 Å². The molecule has 1 atom stereocenters. The molecule has 0 aromatic carbocycles. The number of aliphatic hydroxyl groups excluding tert-OH is 1. The number of aliphatic hydroxyl groups is 1. The van der Waals surface area contributed by atoms with Crippen molar-refractivity contribution >= 4 is 5.91 Å². The Labute approximate surface area is 66.0 Å². The Morgan fingerprint density at radius 2 is 2.36 bits per heavy atom. The zero-order valence-corrected chi connectivity index (χ0v) is 6.66. The summed E-state index contributed by atoms with van der Waals surface area (Å²) in [6.45, 7) is 3.58. The van der Waals surface area contributed by atoms with Gasteiger partial charge in [0.25, 0.3) is 0 Å². The molecule has 64 valence electrons. The lowest BCUT2D eigenvalue weighted by Crippen LogP contribution is -2.56. The Hall–Kier alpha value is -0.610. The average molecular weight is 158 g/mol. The highest BCUT2D eigenvalue weighted by molar-refractivity contribution is 5.79. The van der Waals surface area contributed by atoms with Crippen LogP contribution in [0.5, 0.6) is 0 Å². The maximum Gasteiger partial charge on any atom is 0.234 e. The second kappa shape index (κ2) is 3.19. The molecular formula is C7H14N2O2. The summed E-state index contributed by atoms with van der Waals surface area (Å²) in [6, 6.07) is -0.183. The Morgan fingerprint density at radius 1 is 1.82 bits per heavy atom. The Kier molecular flexibility index (Phi) is 2.46. The van der Waals surface area contributed by atoms with Gasteiger partial charge in [0.1, 0.15) is 0 Å². The van der Waals surface area contributed by atoms with Crippen molar-refractivity contribution in [3.05, 3.63) is 0 Å². The van der Waals surface area contributed by atoms with E-state index >= 15 is 0 Å². The van der Waals surface area contributed by atoms with Crippen LogP contribution in [0.4, 0.5) is 0 Å². The highest BCUT2D eigenvalue weighted by Crippen LogP contribution is 2.17. The normalized spacial score (nSPS) is 22.7. The van der Waals surface area contributed by atoms with Crippen molar-refractivity contribution in [2.45, 2.75) is 13.0 Å². The number of amides is 1. The van der Waals surface area contributed by atoms with Crippen molar-refractivity contribution in [1.29, 1.82) is 0 Å². The fraction of sp³-hybridized carbons (Fsp3) is 0.857. The fourth-order valence-corrected chi connectivity index (χ4v) is 1.22. The molecule has 1 heterocycles. The first-order valence-corrected chi connectivity index (χ1v) is 3.79. The minimum Gasteiger partial charge on any atom is -0.396 e. The first kappa shape index (κ1) is 8.49. The molecule has 0 spiro atoms. The van der Waals surface area contributed by atoms with E-state index in [-0.39, 0.29) is 18.6 Å². The number of rotatable bonds is 3. The van der Waals surface area contributed by atoms with Gasteiger partial charge in [0.2, 0.25) is 5.91 Å². The summed E-state index contributed by atoms with van der Waals surface area (Å²) in [4.78, 5) is 12.6. The quantitative estimate of drug-likeness (QED) is 0.541. The first-order chi connectivity index (χ1) is 5.15. The molecule has 1 saturated heterocycles. The summed E-state index contributed by atoms with van der Waals surface area (Å²) in [6.07, 6.45) is 0. The number of primary amides is 1. The van der Waals surface area contributed by atoms with Crippen LogP contribution in [-0.4, -0.2) is 41.7 Å². The third-order valence-electron chi connectivity index (χ3n) is 2.20. The van der Waals surface area contributed by atoms with Gasteiger partial charge in [0.05, 0.1) is 6.04 Å². The molecule has 0 aliphatic carbocycles. The van der Waals surface area contributed by atoms with E-state index in [1.165, 1.54) is 0 Å². The summed E-state index contributed by atoms with van der Waals surface area (Å²) in [5.41, 5.74) is 5.09. The van der Waals surface area contributed by atoms with E-state index in [2.05, 4.69) is 0 Å². The van der Waals surface area contributed by atoms with Gasteiger partial charge in [-0.05, 0) is 6.92 Å². The monoisotopic (exact) mass is 158 g/mol. The van der Waals surface area contributed by atoms with Crippen LogP contribution >= 0.6 is 0 Å². The summed E-state index contributed by atoms with van der Waals surface area (Å²) >= 11 is 0. The lowest BCUT2D eigenvalue weighted by Gasteiger charge is -2.41. The van der Waals surface area contributed by atoms with E-state index in [1.807, 2.05) is 4.90 Å². The highest BCUT2D eigenvalue weighted by atomic mass is 16.3. The standard InChI is InChI=1S/C7H14N2O2/c1-5(7(8)11)9-2-6(3-9)4-10/h5-6,10H,2-4H2,1H3,(H2,8,11). The van der Waals surface area contributed by atoms with Crippen LogP contribution in [0.25, 0.3) is 0 Å². The third kappa shape index (κ3) is 1.70. The second-order valence-electron chi connectivity index (χ2n) is 3.08. The van der Waals surface area contributed by atoms with Crippen molar-refractivity contribution in [3.8, 4) is 0 Å². The number of likely N-dealkylation sites (tertiary alicyclic amines) is 1. The third-order valence-corrected chi connectivity index (χ3v) is 2.20. The smallest absolute Gasteiger partial charge is 0.234 e. The molecule has 1 aliphatic heterocycles.